The summed E-state index contributed by atoms with van der Waals surface area (Å²) in [5.74, 6) is 0. The summed E-state index contributed by atoms with van der Waals surface area (Å²) in [6.45, 7) is 0. The van der Waals surface area contributed by atoms with Crippen molar-refractivity contribution in [1.82, 2.24) is 15.1 Å². The number of thiophene rings is 1. The van der Waals surface area contributed by atoms with E-state index in [4.69, 9.17) is 5.10 Å². The number of nitrogens with one attached hydrogen (secondary N) is 1. The molecule has 3 rings (SSSR count). The van der Waals surface area contributed by atoms with Gasteiger partial charge in [0, 0.05) is 12.4 Å². The first-order chi connectivity index (χ1) is 9.29. The minimum absolute atomic E-state index is 0.251. The summed E-state index contributed by atoms with van der Waals surface area (Å²) in [6.07, 6.45) is 0.973. The Bertz CT molecular complexity index is 670. The molecule has 1 unspecified atom stereocenters. The van der Waals surface area contributed by atoms with Crippen molar-refractivity contribution in [2.24, 2.45) is 7.05 Å². The van der Waals surface area contributed by atoms with E-state index in [2.05, 4.69) is 46.4 Å². The summed E-state index contributed by atoms with van der Waals surface area (Å²) >= 11 is 1.74. The predicted octanol–water partition coefficient (Wildman–Crippen LogP) is 3.14. The first-order valence-electron chi connectivity index (χ1n) is 6.39. The molecule has 2 heterocycles. The highest BCUT2D eigenvalue weighted by molar-refractivity contribution is 7.07. The number of likely N-dealkylation sites (N-methyl/N-ethyl adjacent to an activating group) is 1. The lowest BCUT2D eigenvalue weighted by Gasteiger charge is -2.13. The van der Waals surface area contributed by atoms with E-state index in [-0.39, 0.29) is 6.04 Å². The molecule has 0 amide bonds. The van der Waals surface area contributed by atoms with Crippen LogP contribution in [0.1, 0.15) is 17.3 Å². The molecular weight excluding hydrogens is 254 g/mol. The van der Waals surface area contributed by atoms with Gasteiger partial charge in [0.1, 0.15) is 0 Å². The van der Waals surface area contributed by atoms with E-state index in [1.54, 1.807) is 11.3 Å². The fourth-order valence-corrected chi connectivity index (χ4v) is 3.16. The van der Waals surface area contributed by atoms with Crippen molar-refractivity contribution in [2.75, 3.05) is 7.05 Å². The number of para-hydroxylation sites is 1. The predicted molar refractivity (Wildman–Crippen MR) is 80.5 cm³/mol. The second-order valence-corrected chi connectivity index (χ2v) is 5.48. The molecule has 19 heavy (non-hydrogen) atoms. The van der Waals surface area contributed by atoms with Crippen LogP contribution in [0.3, 0.4) is 0 Å². The average Bonchev–Trinajstić information content (AvgIpc) is 3.05. The third kappa shape index (κ3) is 2.29. The number of fused-ring (bicyclic) bond motifs is 1. The van der Waals surface area contributed by atoms with Gasteiger partial charge in [0.2, 0.25) is 0 Å². The quantitative estimate of drug-likeness (QED) is 0.790. The highest BCUT2D eigenvalue weighted by Gasteiger charge is 2.17. The molecule has 0 aliphatic heterocycles. The van der Waals surface area contributed by atoms with Gasteiger partial charge >= 0.3 is 0 Å². The first kappa shape index (κ1) is 12.4. The fourth-order valence-electron chi connectivity index (χ4n) is 2.48. The molecular formula is C15H17N3S. The van der Waals surface area contributed by atoms with Gasteiger partial charge in [0.25, 0.3) is 0 Å². The summed E-state index contributed by atoms with van der Waals surface area (Å²) in [7, 11) is 4.00. The van der Waals surface area contributed by atoms with Crippen molar-refractivity contribution < 1.29 is 0 Å². The van der Waals surface area contributed by atoms with Crippen LogP contribution in [0.25, 0.3) is 10.9 Å². The molecule has 0 bridgehead atoms. The molecule has 0 aliphatic carbocycles. The standard InChI is InChI=1S/C15H17N3S/c1-16-13(9-11-7-8-19-10-11)15-12-5-3-4-6-14(12)18(2)17-15/h3-8,10,13,16H,9H2,1-2H3. The largest absolute Gasteiger partial charge is 0.311 e. The van der Waals surface area contributed by atoms with Gasteiger partial charge < -0.3 is 5.32 Å². The van der Waals surface area contributed by atoms with Crippen LogP contribution in [-0.4, -0.2) is 16.8 Å². The molecule has 3 aromatic rings. The van der Waals surface area contributed by atoms with E-state index < -0.39 is 0 Å². The molecule has 3 nitrogen and oxygen atoms in total. The van der Waals surface area contributed by atoms with Gasteiger partial charge in [0.05, 0.1) is 17.3 Å². The van der Waals surface area contributed by atoms with Crippen LogP contribution in [0, 0.1) is 0 Å². The highest BCUT2D eigenvalue weighted by Crippen LogP contribution is 2.26. The van der Waals surface area contributed by atoms with Gasteiger partial charge in [-0.15, -0.1) is 0 Å². The van der Waals surface area contributed by atoms with E-state index in [9.17, 15) is 0 Å². The molecule has 1 aromatic carbocycles. The summed E-state index contributed by atoms with van der Waals surface area (Å²) in [5, 5.41) is 13.7. The van der Waals surface area contributed by atoms with E-state index in [0.717, 1.165) is 12.1 Å². The normalized spacial score (nSPS) is 12.9. The van der Waals surface area contributed by atoms with Crippen molar-refractivity contribution >= 4 is 22.2 Å². The van der Waals surface area contributed by atoms with Gasteiger partial charge in [-0.25, -0.2) is 0 Å². The molecule has 1 atom stereocenters. The third-order valence-corrected chi connectivity index (χ3v) is 4.22. The zero-order valence-electron chi connectivity index (χ0n) is 11.1. The lowest BCUT2D eigenvalue weighted by Crippen LogP contribution is -2.19. The molecule has 0 fully saturated rings. The molecule has 2 aromatic heterocycles. The Labute approximate surface area is 116 Å². The van der Waals surface area contributed by atoms with E-state index in [0.29, 0.717) is 0 Å². The number of rotatable bonds is 4. The zero-order chi connectivity index (χ0) is 13.2. The number of aryl methyl sites for hydroxylation is 1. The van der Waals surface area contributed by atoms with Gasteiger partial charge in [0.15, 0.2) is 0 Å². The SMILES string of the molecule is CNC(Cc1ccsc1)c1nn(C)c2ccccc12. The molecule has 0 spiro atoms. The van der Waals surface area contributed by atoms with E-state index >= 15 is 0 Å². The van der Waals surface area contributed by atoms with Crippen molar-refractivity contribution in [3.05, 3.63) is 52.3 Å². The molecule has 0 saturated carbocycles. The number of nitrogens with zero attached hydrogens (tertiary/aromatic N) is 2. The van der Waals surface area contributed by atoms with Crippen LogP contribution < -0.4 is 5.32 Å². The van der Waals surface area contributed by atoms with Crippen molar-refractivity contribution in [3.8, 4) is 0 Å². The first-order valence-corrected chi connectivity index (χ1v) is 7.34. The Morgan fingerprint density at radius 2 is 2.16 bits per heavy atom. The average molecular weight is 271 g/mol. The maximum Gasteiger partial charge on any atom is 0.0875 e. The van der Waals surface area contributed by atoms with E-state index in [1.807, 2.05) is 18.8 Å². The van der Waals surface area contributed by atoms with Crippen LogP contribution >= 0.6 is 11.3 Å². The molecule has 4 heteroatoms. The fraction of sp³-hybridized carbons (Fsp3) is 0.267. The Morgan fingerprint density at radius 1 is 1.32 bits per heavy atom. The second-order valence-electron chi connectivity index (χ2n) is 4.70. The van der Waals surface area contributed by atoms with Crippen molar-refractivity contribution in [3.63, 3.8) is 0 Å². The number of benzene rings is 1. The van der Waals surface area contributed by atoms with E-state index in [1.165, 1.54) is 16.5 Å². The van der Waals surface area contributed by atoms with Gasteiger partial charge in [-0.05, 0) is 41.9 Å². The van der Waals surface area contributed by atoms with Crippen LogP contribution in [0.4, 0.5) is 0 Å². The Morgan fingerprint density at radius 3 is 2.89 bits per heavy atom. The van der Waals surface area contributed by atoms with Gasteiger partial charge in [-0.2, -0.15) is 16.4 Å². The minimum Gasteiger partial charge on any atom is -0.311 e. The summed E-state index contributed by atoms with van der Waals surface area (Å²) in [5.41, 5.74) is 3.67. The summed E-state index contributed by atoms with van der Waals surface area (Å²) in [6, 6.07) is 10.8. The third-order valence-electron chi connectivity index (χ3n) is 3.48. The van der Waals surface area contributed by atoms with Crippen LogP contribution in [0.2, 0.25) is 0 Å². The number of aromatic nitrogens is 2. The second kappa shape index (κ2) is 5.15. The maximum absolute atomic E-state index is 4.70. The maximum atomic E-state index is 4.70. The molecule has 0 aliphatic rings. The van der Waals surface area contributed by atoms with Crippen molar-refractivity contribution in [2.45, 2.75) is 12.5 Å². The van der Waals surface area contributed by atoms with Crippen LogP contribution in [0.15, 0.2) is 41.1 Å². The Kier molecular flexibility index (Phi) is 3.36. The topological polar surface area (TPSA) is 29.9 Å². The van der Waals surface area contributed by atoms with Crippen molar-refractivity contribution in [1.29, 1.82) is 0 Å². The number of hydrogen-bond acceptors (Lipinski definition) is 3. The molecule has 1 N–H and O–H groups in total. The lowest BCUT2D eigenvalue weighted by atomic mass is 10.0. The molecule has 0 saturated heterocycles. The van der Waals surface area contributed by atoms with Gasteiger partial charge in [-0.3, -0.25) is 4.68 Å². The summed E-state index contributed by atoms with van der Waals surface area (Å²) < 4.78 is 1.96. The molecule has 98 valence electrons. The Balaban J connectivity index is 2.01. The lowest BCUT2D eigenvalue weighted by molar-refractivity contribution is 0.567. The number of hydrogen-bond donors (Lipinski definition) is 1. The highest BCUT2D eigenvalue weighted by atomic mass is 32.1. The molecule has 0 radical (unpaired) electrons. The van der Waals surface area contributed by atoms with Crippen LogP contribution in [-0.2, 0) is 13.5 Å². The smallest absolute Gasteiger partial charge is 0.0875 e. The minimum atomic E-state index is 0.251. The van der Waals surface area contributed by atoms with Gasteiger partial charge in [-0.1, -0.05) is 18.2 Å². The monoisotopic (exact) mass is 271 g/mol. The Hall–Kier alpha value is -1.65. The summed E-state index contributed by atoms with van der Waals surface area (Å²) in [4.78, 5) is 0. The zero-order valence-corrected chi connectivity index (χ0v) is 11.9. The van der Waals surface area contributed by atoms with Crippen LogP contribution in [0.5, 0.6) is 0 Å².